The largest absolute Gasteiger partial charge is 0.484 e. The summed E-state index contributed by atoms with van der Waals surface area (Å²) in [5.74, 6) is -0.140. The standard InChI is InChI=1S/C20H19N3O3/c1-23(13-17-4-2-16(12-21)3-5-17)20(25)11-8-15-6-9-18(10-7-15)26-14-19(22)24/h2-11H,13-14H2,1H3,(H2,22,24)/b11-8-. The number of carbonyl (C=O) groups excluding carboxylic acids is 2. The Balaban J connectivity index is 1.90. The van der Waals surface area contributed by atoms with Crippen LogP contribution >= 0.6 is 0 Å². The number of ether oxygens (including phenoxy) is 1. The molecule has 0 spiro atoms. The molecule has 2 N–H and O–H groups in total. The molecule has 0 aromatic heterocycles. The van der Waals surface area contributed by atoms with Gasteiger partial charge in [-0.1, -0.05) is 24.3 Å². The normalized spacial score (nSPS) is 10.3. The molecule has 6 nitrogen and oxygen atoms in total. The number of likely N-dealkylation sites (N-methyl/N-ethyl adjacent to an activating group) is 1. The zero-order valence-electron chi connectivity index (χ0n) is 14.4. The summed E-state index contributed by atoms with van der Waals surface area (Å²) in [7, 11) is 1.71. The first kappa shape index (κ1) is 18.7. The van der Waals surface area contributed by atoms with Crippen molar-refractivity contribution < 1.29 is 14.3 Å². The highest BCUT2D eigenvalue weighted by molar-refractivity contribution is 5.91. The molecule has 0 heterocycles. The number of nitrogens with zero attached hydrogens (tertiary/aromatic N) is 2. The molecule has 0 bridgehead atoms. The van der Waals surface area contributed by atoms with E-state index in [1.165, 1.54) is 6.08 Å². The van der Waals surface area contributed by atoms with E-state index in [0.717, 1.165) is 11.1 Å². The van der Waals surface area contributed by atoms with Crippen LogP contribution in [0.1, 0.15) is 16.7 Å². The van der Waals surface area contributed by atoms with Crippen molar-refractivity contribution in [2.75, 3.05) is 13.7 Å². The lowest BCUT2D eigenvalue weighted by Gasteiger charge is -2.15. The van der Waals surface area contributed by atoms with Crippen molar-refractivity contribution in [2.24, 2.45) is 5.73 Å². The summed E-state index contributed by atoms with van der Waals surface area (Å²) >= 11 is 0. The van der Waals surface area contributed by atoms with Crippen molar-refractivity contribution in [3.05, 3.63) is 71.3 Å². The molecular weight excluding hydrogens is 330 g/mol. The molecule has 0 radical (unpaired) electrons. The van der Waals surface area contributed by atoms with E-state index in [1.807, 2.05) is 12.1 Å². The topological polar surface area (TPSA) is 96.4 Å². The van der Waals surface area contributed by atoms with Crippen LogP contribution in [0.4, 0.5) is 0 Å². The van der Waals surface area contributed by atoms with Gasteiger partial charge < -0.3 is 15.4 Å². The molecule has 2 aromatic rings. The van der Waals surface area contributed by atoms with E-state index in [0.29, 0.717) is 17.9 Å². The van der Waals surface area contributed by atoms with Gasteiger partial charge in [0.25, 0.3) is 5.91 Å². The van der Waals surface area contributed by atoms with Crippen molar-refractivity contribution in [3.8, 4) is 11.8 Å². The van der Waals surface area contributed by atoms with Crippen LogP contribution in [0.3, 0.4) is 0 Å². The maximum absolute atomic E-state index is 12.2. The van der Waals surface area contributed by atoms with Gasteiger partial charge in [0.15, 0.2) is 6.61 Å². The predicted molar refractivity (Wildman–Crippen MR) is 97.8 cm³/mol. The lowest BCUT2D eigenvalue weighted by Crippen LogP contribution is -2.24. The number of nitrogens with two attached hydrogens (primary N) is 1. The fraction of sp³-hybridized carbons (Fsp3) is 0.150. The maximum atomic E-state index is 12.2. The van der Waals surface area contributed by atoms with Gasteiger partial charge in [0.1, 0.15) is 5.75 Å². The molecule has 0 aliphatic rings. The number of rotatable bonds is 7. The molecule has 0 fully saturated rings. The maximum Gasteiger partial charge on any atom is 0.255 e. The Hall–Kier alpha value is -3.59. The van der Waals surface area contributed by atoms with Gasteiger partial charge >= 0.3 is 0 Å². The molecule has 0 saturated heterocycles. The van der Waals surface area contributed by atoms with Crippen LogP contribution in [-0.4, -0.2) is 30.4 Å². The van der Waals surface area contributed by atoms with Gasteiger partial charge in [0.05, 0.1) is 11.6 Å². The second kappa shape index (κ2) is 9.04. The number of nitriles is 1. The van der Waals surface area contributed by atoms with E-state index in [1.54, 1.807) is 54.4 Å². The lowest BCUT2D eigenvalue weighted by atomic mass is 10.1. The second-order valence-electron chi connectivity index (χ2n) is 5.66. The first-order valence-corrected chi connectivity index (χ1v) is 7.91. The number of benzene rings is 2. The number of carbonyl (C=O) groups is 2. The number of hydrogen-bond donors (Lipinski definition) is 1. The first-order chi connectivity index (χ1) is 12.5. The van der Waals surface area contributed by atoms with Gasteiger partial charge in [-0.05, 0) is 41.5 Å². The van der Waals surface area contributed by atoms with E-state index in [4.69, 9.17) is 15.7 Å². The summed E-state index contributed by atoms with van der Waals surface area (Å²) in [6, 6.07) is 16.1. The molecule has 0 aliphatic heterocycles. The summed E-state index contributed by atoms with van der Waals surface area (Å²) in [6.45, 7) is 0.280. The highest BCUT2D eigenvalue weighted by Crippen LogP contribution is 2.13. The van der Waals surface area contributed by atoms with Gasteiger partial charge in [0.2, 0.25) is 5.91 Å². The number of primary amides is 1. The minimum absolute atomic E-state index is 0.136. The third-order valence-electron chi connectivity index (χ3n) is 3.56. The van der Waals surface area contributed by atoms with Crippen LogP contribution < -0.4 is 10.5 Å². The smallest absolute Gasteiger partial charge is 0.255 e. The van der Waals surface area contributed by atoms with Gasteiger partial charge in [-0.3, -0.25) is 9.59 Å². The van der Waals surface area contributed by atoms with Crippen molar-refractivity contribution in [1.29, 1.82) is 5.26 Å². The van der Waals surface area contributed by atoms with Crippen molar-refractivity contribution >= 4 is 17.9 Å². The Morgan fingerprint density at radius 1 is 1.15 bits per heavy atom. The molecule has 0 saturated carbocycles. The van der Waals surface area contributed by atoms with Crippen LogP contribution in [-0.2, 0) is 16.1 Å². The fourth-order valence-electron chi connectivity index (χ4n) is 2.16. The molecule has 132 valence electrons. The first-order valence-electron chi connectivity index (χ1n) is 7.91. The Morgan fingerprint density at radius 2 is 1.81 bits per heavy atom. The van der Waals surface area contributed by atoms with Gasteiger partial charge in [-0.15, -0.1) is 0 Å². The zero-order chi connectivity index (χ0) is 18.9. The van der Waals surface area contributed by atoms with Crippen LogP contribution in [0.25, 0.3) is 6.08 Å². The molecule has 2 rings (SSSR count). The molecule has 2 amide bonds. The Labute approximate surface area is 152 Å². The van der Waals surface area contributed by atoms with Gasteiger partial charge in [-0.25, -0.2) is 0 Å². The monoisotopic (exact) mass is 349 g/mol. The lowest BCUT2D eigenvalue weighted by molar-refractivity contribution is -0.125. The molecule has 0 atom stereocenters. The highest BCUT2D eigenvalue weighted by atomic mass is 16.5. The Kier molecular flexibility index (Phi) is 6.52. The number of amides is 2. The highest BCUT2D eigenvalue weighted by Gasteiger charge is 2.06. The third-order valence-corrected chi connectivity index (χ3v) is 3.56. The zero-order valence-corrected chi connectivity index (χ0v) is 14.4. The molecule has 6 heteroatoms. The Morgan fingerprint density at radius 3 is 2.38 bits per heavy atom. The predicted octanol–water partition coefficient (Wildman–Crippen LogP) is 2.09. The van der Waals surface area contributed by atoms with E-state index < -0.39 is 5.91 Å². The third kappa shape index (κ3) is 5.80. The van der Waals surface area contributed by atoms with Crippen LogP contribution in [0.15, 0.2) is 54.6 Å². The minimum atomic E-state index is -0.537. The Bertz CT molecular complexity index is 834. The quantitative estimate of drug-likeness (QED) is 0.774. The van der Waals surface area contributed by atoms with Crippen LogP contribution in [0.5, 0.6) is 5.75 Å². The van der Waals surface area contributed by atoms with E-state index in [-0.39, 0.29) is 12.5 Å². The van der Waals surface area contributed by atoms with Gasteiger partial charge in [-0.2, -0.15) is 5.26 Å². The van der Waals surface area contributed by atoms with E-state index in [2.05, 4.69) is 6.07 Å². The molecule has 0 unspecified atom stereocenters. The SMILES string of the molecule is CN(Cc1ccc(C#N)cc1)C(=O)/C=C\c1ccc(OCC(N)=O)cc1. The molecule has 26 heavy (non-hydrogen) atoms. The summed E-state index contributed by atoms with van der Waals surface area (Å²) in [4.78, 5) is 24.5. The van der Waals surface area contributed by atoms with E-state index in [9.17, 15) is 9.59 Å². The average Bonchev–Trinajstić information content (AvgIpc) is 2.65. The summed E-state index contributed by atoms with van der Waals surface area (Å²) in [5, 5.41) is 8.80. The van der Waals surface area contributed by atoms with Crippen molar-refractivity contribution in [3.63, 3.8) is 0 Å². The summed E-state index contributed by atoms with van der Waals surface area (Å²) < 4.78 is 5.18. The summed E-state index contributed by atoms with van der Waals surface area (Å²) in [5.41, 5.74) is 7.38. The molecular formula is C20H19N3O3. The average molecular weight is 349 g/mol. The molecule has 2 aromatic carbocycles. The minimum Gasteiger partial charge on any atom is -0.484 e. The van der Waals surface area contributed by atoms with Crippen LogP contribution in [0, 0.1) is 11.3 Å². The van der Waals surface area contributed by atoms with E-state index >= 15 is 0 Å². The van der Waals surface area contributed by atoms with Crippen molar-refractivity contribution in [2.45, 2.75) is 6.54 Å². The fourth-order valence-corrected chi connectivity index (χ4v) is 2.16. The number of hydrogen-bond acceptors (Lipinski definition) is 4. The van der Waals surface area contributed by atoms with Crippen LogP contribution in [0.2, 0.25) is 0 Å². The van der Waals surface area contributed by atoms with Crippen molar-refractivity contribution in [1.82, 2.24) is 4.90 Å². The van der Waals surface area contributed by atoms with Gasteiger partial charge in [0, 0.05) is 19.7 Å². The second-order valence-corrected chi connectivity index (χ2v) is 5.66. The summed E-state index contributed by atoms with van der Waals surface area (Å²) in [6.07, 6.45) is 3.19. The molecule has 0 aliphatic carbocycles.